The van der Waals surface area contributed by atoms with Crippen molar-refractivity contribution in [2.45, 2.75) is 103 Å². The van der Waals surface area contributed by atoms with Gasteiger partial charge >= 0.3 is 5.97 Å². The summed E-state index contributed by atoms with van der Waals surface area (Å²) in [5, 5.41) is 2.91. The fourth-order valence-electron chi connectivity index (χ4n) is 6.18. The van der Waals surface area contributed by atoms with Crippen LogP contribution in [0.5, 0.6) is 23.0 Å². The van der Waals surface area contributed by atoms with Gasteiger partial charge in [0.05, 0.1) is 65.5 Å². The summed E-state index contributed by atoms with van der Waals surface area (Å²) in [6.45, 7) is 15.1. The Morgan fingerprint density at radius 2 is 1.41 bits per heavy atom. The Kier molecular flexibility index (Phi) is 17.8. The normalized spacial score (nSPS) is 17.9. The molecule has 0 radical (unpaired) electrons. The number of ether oxygens (including phenoxy) is 10. The molecule has 1 unspecified atom stereocenters. The molecule has 0 saturated carbocycles. The van der Waals surface area contributed by atoms with E-state index < -0.39 is 44.0 Å². The first-order valence-corrected chi connectivity index (χ1v) is 23.6. The van der Waals surface area contributed by atoms with E-state index in [0.29, 0.717) is 12.4 Å². The number of methoxy groups -OCH3 is 4. The molecule has 0 spiro atoms. The van der Waals surface area contributed by atoms with Crippen molar-refractivity contribution in [2.75, 3.05) is 47.2 Å². The number of nitrogens with one attached hydrogen (secondary N) is 1. The fourth-order valence-corrected chi connectivity index (χ4v) is 6.89. The van der Waals surface area contributed by atoms with Gasteiger partial charge in [0.25, 0.3) is 0 Å². The van der Waals surface area contributed by atoms with Gasteiger partial charge in [-0.05, 0) is 62.2 Å². The van der Waals surface area contributed by atoms with E-state index in [-0.39, 0.29) is 55.4 Å². The van der Waals surface area contributed by atoms with Crippen LogP contribution in [0.2, 0.25) is 25.7 Å². The Labute approximate surface area is 350 Å². The Hall–Kier alpha value is -4.44. The van der Waals surface area contributed by atoms with Crippen molar-refractivity contribution in [2.24, 2.45) is 5.92 Å². The van der Waals surface area contributed by atoms with Gasteiger partial charge in [-0.3, -0.25) is 4.79 Å². The Morgan fingerprint density at radius 3 is 1.97 bits per heavy atom. The zero-order chi connectivity index (χ0) is 43.2. The van der Waals surface area contributed by atoms with E-state index in [9.17, 15) is 9.59 Å². The van der Waals surface area contributed by atoms with Crippen molar-refractivity contribution in [3.05, 3.63) is 89.5 Å². The Balaban J connectivity index is 1.57. The van der Waals surface area contributed by atoms with Gasteiger partial charge in [0.1, 0.15) is 40.8 Å². The van der Waals surface area contributed by atoms with Crippen LogP contribution in [-0.2, 0) is 46.4 Å². The predicted octanol–water partition coefficient (Wildman–Crippen LogP) is 8.42. The maximum Gasteiger partial charge on any atom is 0.344 e. The molecular formula is C45H63NO12Si. The molecule has 3 aromatic carbocycles. The van der Waals surface area contributed by atoms with Gasteiger partial charge in [-0.1, -0.05) is 63.0 Å². The molecule has 59 heavy (non-hydrogen) atoms. The van der Waals surface area contributed by atoms with Crippen LogP contribution < -0.4 is 24.3 Å². The predicted molar refractivity (Wildman–Crippen MR) is 228 cm³/mol. The SMILES string of the molecule is COCOc1cc(OC)cc(NC(=O)C[C@@H]2OC(C)(C)O[C@@H]2C(/C=C\[C@@H](C)[C@@H](C)OCc2ccc(OC)cc2)OCc2ccc(OC)cc2)c1C(=O)OCC[Si](C)(C)C. The first kappa shape index (κ1) is 47.2. The summed E-state index contributed by atoms with van der Waals surface area (Å²) in [5.74, 6) is -0.0896. The van der Waals surface area contributed by atoms with E-state index in [1.54, 1.807) is 40.2 Å². The molecule has 1 fully saturated rings. The lowest BCUT2D eigenvalue weighted by Crippen LogP contribution is -2.38. The molecular weight excluding hydrogens is 775 g/mol. The van der Waals surface area contributed by atoms with Crippen LogP contribution in [0.3, 0.4) is 0 Å². The summed E-state index contributed by atoms with van der Waals surface area (Å²) in [6.07, 6.45) is 1.68. The van der Waals surface area contributed by atoms with E-state index in [1.165, 1.54) is 14.2 Å². The van der Waals surface area contributed by atoms with Crippen LogP contribution in [0.1, 0.15) is 55.6 Å². The topological polar surface area (TPSA) is 138 Å². The minimum Gasteiger partial charge on any atom is -0.497 e. The lowest BCUT2D eigenvalue weighted by molar-refractivity contribution is -0.157. The minimum absolute atomic E-state index is 0.0103. The zero-order valence-corrected chi connectivity index (χ0v) is 37.5. The quantitative estimate of drug-likeness (QED) is 0.0425. The molecule has 4 rings (SSSR count). The Bertz CT molecular complexity index is 1810. The molecule has 1 saturated heterocycles. The summed E-state index contributed by atoms with van der Waals surface area (Å²) in [4.78, 5) is 27.6. The molecule has 1 aliphatic rings. The van der Waals surface area contributed by atoms with Crippen molar-refractivity contribution in [1.29, 1.82) is 0 Å². The molecule has 5 atom stereocenters. The van der Waals surface area contributed by atoms with E-state index in [4.69, 9.17) is 47.4 Å². The van der Waals surface area contributed by atoms with Crippen molar-refractivity contribution in [1.82, 2.24) is 0 Å². The standard InChI is InChI=1S/C45H63NO12Si/c1-30(31(2)54-27-32-13-17-34(50-6)18-14-32)12-21-38(55-28-33-15-19-35(51-7)20-16-33)43-40(57-45(3,4)58-43)26-41(47)46-37-24-36(52-8)25-39(56-29-49-5)42(37)44(48)53-22-23-59(9,10)11/h12-21,24-25,30-31,38,40,43H,22-23,26-29H2,1-11H3,(H,46,47)/b21-12-/t30-,31-,38?,40+,43-/m1/s1. The van der Waals surface area contributed by atoms with E-state index in [2.05, 4.69) is 31.9 Å². The summed E-state index contributed by atoms with van der Waals surface area (Å²) in [5.41, 5.74) is 2.17. The summed E-state index contributed by atoms with van der Waals surface area (Å²) >= 11 is 0. The molecule has 3 aromatic rings. The number of amides is 1. The van der Waals surface area contributed by atoms with Crippen LogP contribution in [0, 0.1) is 5.92 Å². The van der Waals surface area contributed by atoms with Gasteiger partial charge in [0.2, 0.25) is 5.91 Å². The highest BCUT2D eigenvalue weighted by atomic mass is 28.3. The molecule has 324 valence electrons. The number of carbonyl (C=O) groups excluding carboxylic acids is 2. The van der Waals surface area contributed by atoms with Crippen molar-refractivity contribution < 1.29 is 57.0 Å². The molecule has 1 aliphatic heterocycles. The van der Waals surface area contributed by atoms with Crippen molar-refractivity contribution in [3.8, 4) is 23.0 Å². The number of hydrogen-bond acceptors (Lipinski definition) is 12. The smallest absolute Gasteiger partial charge is 0.344 e. The summed E-state index contributed by atoms with van der Waals surface area (Å²) < 4.78 is 58.4. The number of anilines is 1. The lowest BCUT2D eigenvalue weighted by Gasteiger charge is -2.26. The number of hydrogen-bond donors (Lipinski definition) is 1. The maximum atomic E-state index is 14.0. The zero-order valence-electron chi connectivity index (χ0n) is 36.5. The molecule has 0 bridgehead atoms. The van der Waals surface area contributed by atoms with Crippen LogP contribution in [-0.4, -0.2) is 92.0 Å². The van der Waals surface area contributed by atoms with E-state index >= 15 is 0 Å². The third-order valence-electron chi connectivity index (χ3n) is 9.76. The highest BCUT2D eigenvalue weighted by Gasteiger charge is 2.46. The first-order chi connectivity index (χ1) is 28.0. The van der Waals surface area contributed by atoms with Gasteiger partial charge < -0.3 is 52.7 Å². The molecule has 0 aromatic heterocycles. The monoisotopic (exact) mass is 837 g/mol. The third-order valence-corrected chi connectivity index (χ3v) is 11.5. The Morgan fingerprint density at radius 1 is 0.814 bits per heavy atom. The minimum atomic E-state index is -1.50. The van der Waals surface area contributed by atoms with Crippen LogP contribution >= 0.6 is 0 Å². The van der Waals surface area contributed by atoms with E-state index in [1.807, 2.05) is 67.6 Å². The number of benzene rings is 3. The van der Waals surface area contributed by atoms with Gasteiger partial charge in [0, 0.05) is 33.2 Å². The van der Waals surface area contributed by atoms with Gasteiger partial charge in [-0.2, -0.15) is 0 Å². The molecule has 0 aliphatic carbocycles. The number of carbonyl (C=O) groups is 2. The second-order valence-electron chi connectivity index (χ2n) is 16.2. The van der Waals surface area contributed by atoms with Crippen molar-refractivity contribution in [3.63, 3.8) is 0 Å². The molecule has 1 heterocycles. The van der Waals surface area contributed by atoms with Gasteiger partial charge in [0.15, 0.2) is 12.6 Å². The maximum absolute atomic E-state index is 14.0. The largest absolute Gasteiger partial charge is 0.497 e. The molecule has 1 amide bonds. The number of esters is 1. The second kappa shape index (κ2) is 22.2. The van der Waals surface area contributed by atoms with E-state index in [0.717, 1.165) is 28.7 Å². The van der Waals surface area contributed by atoms with Crippen LogP contribution in [0.15, 0.2) is 72.8 Å². The molecule has 13 nitrogen and oxygen atoms in total. The second-order valence-corrected chi connectivity index (χ2v) is 21.8. The van der Waals surface area contributed by atoms with Crippen molar-refractivity contribution >= 4 is 25.6 Å². The highest BCUT2D eigenvalue weighted by Crippen LogP contribution is 2.36. The average molecular weight is 838 g/mol. The summed E-state index contributed by atoms with van der Waals surface area (Å²) in [7, 11) is 4.71. The van der Waals surface area contributed by atoms with Crippen LogP contribution in [0.4, 0.5) is 5.69 Å². The van der Waals surface area contributed by atoms with Crippen LogP contribution in [0.25, 0.3) is 0 Å². The lowest BCUT2D eigenvalue weighted by atomic mass is 10.00. The number of rotatable bonds is 23. The van der Waals surface area contributed by atoms with Gasteiger partial charge in [-0.15, -0.1) is 0 Å². The summed E-state index contributed by atoms with van der Waals surface area (Å²) in [6, 6.07) is 19.3. The average Bonchev–Trinajstić information content (AvgIpc) is 3.51. The molecule has 14 heteroatoms. The van der Waals surface area contributed by atoms with Gasteiger partial charge in [-0.25, -0.2) is 4.79 Å². The third kappa shape index (κ3) is 15.0. The first-order valence-electron chi connectivity index (χ1n) is 19.9. The highest BCUT2D eigenvalue weighted by molar-refractivity contribution is 6.76. The fraction of sp³-hybridized carbons (Fsp3) is 0.511. The molecule has 1 N–H and O–H groups in total.